The van der Waals surface area contributed by atoms with Gasteiger partial charge in [-0.05, 0) is 26.2 Å². The Morgan fingerprint density at radius 3 is 2.82 bits per heavy atom. The molecule has 0 amide bonds. The first-order valence-electron chi connectivity index (χ1n) is 6.27. The predicted octanol–water partition coefficient (Wildman–Crippen LogP) is 2.74. The Morgan fingerprint density at radius 1 is 1.53 bits per heavy atom. The molecule has 1 N–H and O–H groups in total. The van der Waals surface area contributed by atoms with Crippen LogP contribution in [0, 0.1) is 0 Å². The van der Waals surface area contributed by atoms with Crippen LogP contribution in [0.5, 0.6) is 0 Å². The van der Waals surface area contributed by atoms with Gasteiger partial charge < -0.3 is 5.11 Å². The lowest BCUT2D eigenvalue weighted by molar-refractivity contribution is 0.223. The Balaban J connectivity index is 2.25. The van der Waals surface area contributed by atoms with Gasteiger partial charge in [-0.1, -0.05) is 30.2 Å². The highest BCUT2D eigenvalue weighted by molar-refractivity contribution is 6.31. The molecule has 0 aromatic carbocycles. The summed E-state index contributed by atoms with van der Waals surface area (Å²) < 4.78 is 1.98. The molecule has 1 atom stereocenters. The third kappa shape index (κ3) is 2.55. The lowest BCUT2D eigenvalue weighted by atomic mass is 10.1. The molecule has 1 unspecified atom stereocenters. The second-order valence-corrected chi connectivity index (χ2v) is 4.86. The van der Waals surface area contributed by atoms with Crippen LogP contribution in [0.15, 0.2) is 11.6 Å². The van der Waals surface area contributed by atoms with E-state index in [1.165, 1.54) is 5.57 Å². The van der Waals surface area contributed by atoms with Crippen molar-refractivity contribution in [3.8, 4) is 0 Å². The molecule has 0 saturated carbocycles. The fourth-order valence-corrected chi connectivity index (χ4v) is 2.66. The molecule has 0 saturated heterocycles. The molecule has 1 aliphatic rings. The maximum atomic E-state index is 9.49. The molecule has 17 heavy (non-hydrogen) atoms. The minimum Gasteiger partial charge on any atom is -0.389 e. The molecule has 0 fully saturated rings. The lowest BCUT2D eigenvalue weighted by Gasteiger charge is -2.05. The van der Waals surface area contributed by atoms with Crippen LogP contribution in [-0.4, -0.2) is 21.0 Å². The molecule has 1 aromatic heterocycles. The van der Waals surface area contributed by atoms with Crippen LogP contribution in [0.2, 0.25) is 5.02 Å². The van der Waals surface area contributed by atoms with Gasteiger partial charge in [0.2, 0.25) is 0 Å². The third-order valence-corrected chi connectivity index (χ3v) is 3.71. The van der Waals surface area contributed by atoms with E-state index >= 15 is 0 Å². The van der Waals surface area contributed by atoms with Gasteiger partial charge in [-0.15, -0.1) is 0 Å². The summed E-state index contributed by atoms with van der Waals surface area (Å²) in [5.41, 5.74) is 3.34. The number of allylic oxidation sites excluding steroid dienone is 1. The predicted molar refractivity (Wildman–Crippen MR) is 69.3 cm³/mol. The Kier molecular flexibility index (Phi) is 3.89. The molecule has 0 spiro atoms. The average Bonchev–Trinajstić information content (AvgIpc) is 2.85. The molecule has 0 aliphatic heterocycles. The van der Waals surface area contributed by atoms with Crippen molar-refractivity contribution < 1.29 is 5.11 Å². The van der Waals surface area contributed by atoms with Gasteiger partial charge >= 0.3 is 0 Å². The molecular weight excluding hydrogens is 236 g/mol. The fraction of sp³-hybridized carbons (Fsp3) is 0.615. The molecule has 1 heterocycles. The van der Waals surface area contributed by atoms with Gasteiger partial charge in [-0.25, -0.2) is 0 Å². The molecule has 1 aliphatic carbocycles. The Hall–Kier alpha value is -0.800. The van der Waals surface area contributed by atoms with E-state index in [0.717, 1.165) is 48.6 Å². The van der Waals surface area contributed by atoms with Crippen LogP contribution in [-0.2, 0) is 19.4 Å². The summed E-state index contributed by atoms with van der Waals surface area (Å²) in [6.45, 7) is 4.98. The number of hydrogen-bond acceptors (Lipinski definition) is 2. The van der Waals surface area contributed by atoms with Crippen LogP contribution in [0.3, 0.4) is 0 Å². The normalized spacial score (nSPS) is 19.8. The van der Waals surface area contributed by atoms with E-state index in [1.54, 1.807) is 0 Å². The van der Waals surface area contributed by atoms with E-state index < -0.39 is 0 Å². The molecular formula is C13H19ClN2O. The first-order valence-corrected chi connectivity index (χ1v) is 6.65. The number of aryl methyl sites for hydroxylation is 2. The molecule has 1 aromatic rings. The first-order chi connectivity index (χ1) is 8.15. The Morgan fingerprint density at radius 2 is 2.29 bits per heavy atom. The third-order valence-electron chi connectivity index (χ3n) is 3.28. The van der Waals surface area contributed by atoms with Crippen molar-refractivity contribution in [2.45, 2.75) is 52.2 Å². The van der Waals surface area contributed by atoms with Crippen molar-refractivity contribution in [2.24, 2.45) is 0 Å². The van der Waals surface area contributed by atoms with E-state index in [1.807, 2.05) is 10.8 Å². The zero-order chi connectivity index (χ0) is 12.4. The van der Waals surface area contributed by atoms with Crippen molar-refractivity contribution in [3.05, 3.63) is 28.1 Å². The van der Waals surface area contributed by atoms with Gasteiger partial charge in [0.05, 0.1) is 22.5 Å². The van der Waals surface area contributed by atoms with E-state index in [4.69, 9.17) is 11.6 Å². The topological polar surface area (TPSA) is 38.0 Å². The van der Waals surface area contributed by atoms with Gasteiger partial charge in [-0.2, -0.15) is 5.10 Å². The van der Waals surface area contributed by atoms with E-state index in [2.05, 4.69) is 18.9 Å². The molecule has 3 nitrogen and oxygen atoms in total. The van der Waals surface area contributed by atoms with Crippen molar-refractivity contribution >= 4 is 11.6 Å². The quantitative estimate of drug-likeness (QED) is 0.839. The summed E-state index contributed by atoms with van der Waals surface area (Å²) in [5.74, 6) is 0. The monoisotopic (exact) mass is 254 g/mol. The maximum Gasteiger partial charge on any atom is 0.0853 e. The SMILES string of the molecule is CCc1nn(CC)c(CC2=CC(O)CC2)c1Cl. The van der Waals surface area contributed by atoms with Gasteiger partial charge in [0.15, 0.2) is 0 Å². The van der Waals surface area contributed by atoms with Crippen LogP contribution in [0.4, 0.5) is 0 Å². The van der Waals surface area contributed by atoms with Gasteiger partial charge in [0.1, 0.15) is 0 Å². The van der Waals surface area contributed by atoms with Gasteiger partial charge in [0, 0.05) is 13.0 Å². The molecule has 94 valence electrons. The Bertz CT molecular complexity index is 437. The number of aliphatic hydroxyl groups excluding tert-OH is 1. The van der Waals surface area contributed by atoms with Crippen LogP contribution in [0.1, 0.15) is 38.1 Å². The van der Waals surface area contributed by atoms with E-state index in [9.17, 15) is 5.11 Å². The second kappa shape index (κ2) is 5.23. The Labute approximate surface area is 107 Å². The first kappa shape index (κ1) is 12.7. The highest BCUT2D eigenvalue weighted by atomic mass is 35.5. The average molecular weight is 255 g/mol. The number of hydrogen-bond donors (Lipinski definition) is 1. The lowest BCUT2D eigenvalue weighted by Crippen LogP contribution is -2.04. The van der Waals surface area contributed by atoms with Crippen LogP contribution >= 0.6 is 11.6 Å². The maximum absolute atomic E-state index is 9.49. The van der Waals surface area contributed by atoms with E-state index in [-0.39, 0.29) is 6.10 Å². The summed E-state index contributed by atoms with van der Waals surface area (Å²) in [4.78, 5) is 0. The smallest absolute Gasteiger partial charge is 0.0853 e. The highest BCUT2D eigenvalue weighted by Crippen LogP contribution is 2.28. The molecule has 4 heteroatoms. The summed E-state index contributed by atoms with van der Waals surface area (Å²) in [5, 5.41) is 14.8. The van der Waals surface area contributed by atoms with Gasteiger partial charge in [0.25, 0.3) is 0 Å². The zero-order valence-corrected chi connectivity index (χ0v) is 11.2. The van der Waals surface area contributed by atoms with E-state index in [0.29, 0.717) is 0 Å². The van der Waals surface area contributed by atoms with Gasteiger partial charge in [-0.3, -0.25) is 4.68 Å². The number of aliphatic hydroxyl groups is 1. The summed E-state index contributed by atoms with van der Waals surface area (Å²) in [6, 6.07) is 0. The number of rotatable bonds is 4. The van der Waals surface area contributed by atoms with Crippen LogP contribution in [0.25, 0.3) is 0 Å². The van der Waals surface area contributed by atoms with Crippen LogP contribution < -0.4 is 0 Å². The minimum absolute atomic E-state index is 0.271. The molecule has 0 radical (unpaired) electrons. The molecule has 0 bridgehead atoms. The second-order valence-electron chi connectivity index (χ2n) is 4.48. The largest absolute Gasteiger partial charge is 0.389 e. The highest BCUT2D eigenvalue weighted by Gasteiger charge is 2.19. The summed E-state index contributed by atoms with van der Waals surface area (Å²) >= 11 is 6.35. The number of aromatic nitrogens is 2. The number of halogens is 1. The van der Waals surface area contributed by atoms with Crippen molar-refractivity contribution in [1.82, 2.24) is 9.78 Å². The molecule has 2 rings (SSSR count). The van der Waals surface area contributed by atoms with Crippen molar-refractivity contribution in [3.63, 3.8) is 0 Å². The number of nitrogens with zero attached hydrogens (tertiary/aromatic N) is 2. The summed E-state index contributed by atoms with van der Waals surface area (Å²) in [7, 11) is 0. The van der Waals surface area contributed by atoms with Crippen molar-refractivity contribution in [1.29, 1.82) is 0 Å². The summed E-state index contributed by atoms with van der Waals surface area (Å²) in [6.07, 6.45) is 5.17. The standard InChI is InChI=1S/C13H19ClN2O/c1-3-11-13(14)12(16(4-2)15-11)8-9-5-6-10(17)7-9/h7,10,17H,3-6,8H2,1-2H3. The zero-order valence-electron chi connectivity index (χ0n) is 10.4. The fourth-order valence-electron chi connectivity index (χ4n) is 2.32. The van der Waals surface area contributed by atoms with Crippen molar-refractivity contribution in [2.75, 3.05) is 0 Å². The minimum atomic E-state index is -0.271.